The van der Waals surface area contributed by atoms with Crippen LogP contribution in [0.2, 0.25) is 5.02 Å². The highest BCUT2D eigenvalue weighted by Crippen LogP contribution is 2.32. The second-order valence-electron chi connectivity index (χ2n) is 7.54. The number of ether oxygens (including phenoxy) is 2. The molecule has 1 aliphatic heterocycles. The first-order valence-corrected chi connectivity index (χ1v) is 10.8. The van der Waals surface area contributed by atoms with Crippen molar-refractivity contribution in [1.29, 1.82) is 0 Å². The Hall–Kier alpha value is -3.92. The lowest BCUT2D eigenvalue weighted by atomic mass is 10.1. The van der Waals surface area contributed by atoms with Crippen LogP contribution in [0.15, 0.2) is 48.5 Å². The third-order valence-corrected chi connectivity index (χ3v) is 5.84. The highest BCUT2D eigenvalue weighted by atomic mass is 35.5. The molecule has 2 aromatic carbocycles. The topological polar surface area (TPSA) is 111 Å². The zero-order chi connectivity index (χ0) is 24.2. The van der Waals surface area contributed by atoms with E-state index in [1.54, 1.807) is 19.1 Å². The van der Waals surface area contributed by atoms with Gasteiger partial charge in [-0.05, 0) is 42.5 Å². The molecule has 0 atom stereocenters. The van der Waals surface area contributed by atoms with E-state index in [-0.39, 0.29) is 16.3 Å². The van der Waals surface area contributed by atoms with E-state index in [0.29, 0.717) is 49.2 Å². The van der Waals surface area contributed by atoms with Gasteiger partial charge in [0.1, 0.15) is 17.1 Å². The summed E-state index contributed by atoms with van der Waals surface area (Å²) in [5, 5.41) is 20.3. The minimum Gasteiger partial charge on any atom is -0.497 e. The molecular weight excluding hydrogens is 462 g/mol. The molecule has 1 amide bonds. The average Bonchev–Trinajstić information content (AvgIpc) is 2.87. The number of nitrogens with zero attached hydrogens (tertiary/aromatic N) is 5. The number of rotatable bonds is 6. The fraction of sp³-hybridized carbons (Fsp3) is 0.261. The molecule has 1 aromatic heterocycles. The predicted octanol–water partition coefficient (Wildman–Crippen LogP) is 3.68. The van der Waals surface area contributed by atoms with Crippen LogP contribution in [-0.4, -0.2) is 66.3 Å². The number of piperazine rings is 1. The molecule has 0 aliphatic carbocycles. The monoisotopic (exact) mass is 483 g/mol. The van der Waals surface area contributed by atoms with Crippen LogP contribution < -0.4 is 14.4 Å². The number of nitro groups is 1. The summed E-state index contributed by atoms with van der Waals surface area (Å²) in [6, 6.07) is 13.2. The first-order valence-electron chi connectivity index (χ1n) is 10.5. The summed E-state index contributed by atoms with van der Waals surface area (Å²) in [7, 11) is 3.18. The summed E-state index contributed by atoms with van der Waals surface area (Å²) in [6.45, 7) is 1.79. The number of hydrogen-bond acceptors (Lipinski definition) is 8. The average molecular weight is 484 g/mol. The summed E-state index contributed by atoms with van der Waals surface area (Å²) >= 11 is 5.97. The van der Waals surface area contributed by atoms with E-state index in [0.717, 1.165) is 5.56 Å². The van der Waals surface area contributed by atoms with Gasteiger partial charge in [-0.1, -0.05) is 11.6 Å². The molecule has 11 heteroatoms. The van der Waals surface area contributed by atoms with E-state index < -0.39 is 10.8 Å². The molecule has 1 fully saturated rings. The van der Waals surface area contributed by atoms with Gasteiger partial charge in [0.2, 0.25) is 0 Å². The van der Waals surface area contributed by atoms with E-state index in [1.165, 1.54) is 18.2 Å². The second-order valence-corrected chi connectivity index (χ2v) is 7.98. The number of methoxy groups -OCH3 is 2. The fourth-order valence-corrected chi connectivity index (χ4v) is 3.97. The molecule has 4 rings (SSSR count). The Balaban J connectivity index is 1.46. The first kappa shape index (κ1) is 23.2. The minimum atomic E-state index is -0.575. The molecule has 0 unspecified atom stereocenters. The third kappa shape index (κ3) is 4.72. The van der Waals surface area contributed by atoms with Crippen molar-refractivity contribution in [2.45, 2.75) is 0 Å². The Labute approximate surface area is 200 Å². The van der Waals surface area contributed by atoms with Crippen LogP contribution in [0.5, 0.6) is 11.5 Å². The maximum Gasteiger partial charge on any atom is 0.282 e. The summed E-state index contributed by atoms with van der Waals surface area (Å²) in [5.41, 5.74) is 1.13. The van der Waals surface area contributed by atoms with Gasteiger partial charge < -0.3 is 19.3 Å². The van der Waals surface area contributed by atoms with Gasteiger partial charge in [-0.15, -0.1) is 10.2 Å². The zero-order valence-corrected chi connectivity index (χ0v) is 19.4. The molecule has 34 heavy (non-hydrogen) atoms. The van der Waals surface area contributed by atoms with E-state index in [4.69, 9.17) is 21.1 Å². The van der Waals surface area contributed by atoms with Crippen molar-refractivity contribution in [3.63, 3.8) is 0 Å². The summed E-state index contributed by atoms with van der Waals surface area (Å²) in [5.74, 6) is 1.60. The van der Waals surface area contributed by atoms with Gasteiger partial charge >= 0.3 is 0 Å². The molecule has 0 radical (unpaired) electrons. The molecule has 3 aromatic rings. The van der Waals surface area contributed by atoms with Gasteiger partial charge in [0.05, 0.1) is 24.8 Å². The minimum absolute atomic E-state index is 0.0117. The van der Waals surface area contributed by atoms with Gasteiger partial charge in [-0.25, -0.2) is 0 Å². The van der Waals surface area contributed by atoms with Crippen molar-refractivity contribution in [3.05, 3.63) is 69.2 Å². The quantitative estimate of drug-likeness (QED) is 0.385. The number of hydrogen-bond donors (Lipinski definition) is 0. The fourth-order valence-electron chi connectivity index (χ4n) is 3.80. The Morgan fingerprint density at radius 3 is 2.38 bits per heavy atom. The number of amides is 1. The van der Waals surface area contributed by atoms with Crippen LogP contribution in [0.4, 0.5) is 11.5 Å². The number of nitro benzene ring substituents is 1. The standard InChI is InChI=1S/C23H22ClN5O5/c1-33-16-4-7-21(34-2)17(14-16)19-5-8-22(26-25-19)27-9-11-28(12-10-27)23(30)18-13-15(24)3-6-20(18)29(31)32/h3-8,13-14H,9-12H2,1-2H3. The van der Waals surface area contributed by atoms with Crippen molar-refractivity contribution in [2.24, 2.45) is 0 Å². The number of halogens is 1. The van der Waals surface area contributed by atoms with Gasteiger partial charge in [0, 0.05) is 42.8 Å². The summed E-state index contributed by atoms with van der Waals surface area (Å²) < 4.78 is 10.7. The third-order valence-electron chi connectivity index (χ3n) is 5.61. The summed E-state index contributed by atoms with van der Waals surface area (Å²) in [4.78, 5) is 27.3. The first-order chi connectivity index (χ1) is 16.4. The SMILES string of the molecule is COc1ccc(OC)c(-c2ccc(N3CCN(C(=O)c4cc(Cl)ccc4[N+](=O)[O-])CC3)nn2)c1. The van der Waals surface area contributed by atoms with Gasteiger partial charge in [0.25, 0.3) is 11.6 Å². The Morgan fingerprint density at radius 1 is 1.00 bits per heavy atom. The normalized spacial score (nSPS) is 13.5. The number of carbonyl (C=O) groups is 1. The summed E-state index contributed by atoms with van der Waals surface area (Å²) in [6.07, 6.45) is 0. The van der Waals surface area contributed by atoms with Gasteiger partial charge in [-0.2, -0.15) is 0 Å². The molecule has 2 heterocycles. The van der Waals surface area contributed by atoms with Crippen LogP contribution in [0, 0.1) is 10.1 Å². The molecular formula is C23H22ClN5O5. The lowest BCUT2D eigenvalue weighted by Gasteiger charge is -2.35. The van der Waals surface area contributed by atoms with Crippen molar-refractivity contribution in [3.8, 4) is 22.8 Å². The van der Waals surface area contributed by atoms with Gasteiger partial charge in [-0.3, -0.25) is 14.9 Å². The largest absolute Gasteiger partial charge is 0.497 e. The lowest BCUT2D eigenvalue weighted by molar-refractivity contribution is -0.385. The number of benzene rings is 2. The zero-order valence-electron chi connectivity index (χ0n) is 18.6. The second kappa shape index (κ2) is 9.92. The molecule has 176 valence electrons. The maximum absolute atomic E-state index is 12.9. The molecule has 0 N–H and O–H groups in total. The molecule has 1 saturated heterocycles. The van der Waals surface area contributed by atoms with Crippen LogP contribution in [0.1, 0.15) is 10.4 Å². The number of aromatic nitrogens is 2. The van der Waals surface area contributed by atoms with Crippen LogP contribution >= 0.6 is 11.6 Å². The van der Waals surface area contributed by atoms with E-state index in [1.807, 2.05) is 35.2 Å². The predicted molar refractivity (Wildman–Crippen MR) is 127 cm³/mol. The lowest BCUT2D eigenvalue weighted by Crippen LogP contribution is -2.49. The highest BCUT2D eigenvalue weighted by molar-refractivity contribution is 6.31. The maximum atomic E-state index is 12.9. The van der Waals surface area contributed by atoms with Gasteiger partial charge in [0.15, 0.2) is 5.82 Å². The van der Waals surface area contributed by atoms with Crippen molar-refractivity contribution in [1.82, 2.24) is 15.1 Å². The molecule has 0 saturated carbocycles. The smallest absolute Gasteiger partial charge is 0.282 e. The molecule has 0 bridgehead atoms. The van der Waals surface area contributed by atoms with Crippen molar-refractivity contribution >= 4 is 29.0 Å². The number of carbonyl (C=O) groups excluding carboxylic acids is 1. The Morgan fingerprint density at radius 2 is 1.76 bits per heavy atom. The van der Waals surface area contributed by atoms with Crippen molar-refractivity contribution in [2.75, 3.05) is 45.3 Å². The van der Waals surface area contributed by atoms with Crippen LogP contribution in [0.25, 0.3) is 11.3 Å². The van der Waals surface area contributed by atoms with E-state index in [9.17, 15) is 14.9 Å². The Bertz CT molecular complexity index is 1210. The molecule has 10 nitrogen and oxygen atoms in total. The number of anilines is 1. The van der Waals surface area contributed by atoms with Crippen molar-refractivity contribution < 1.29 is 19.2 Å². The molecule has 0 spiro atoms. The van der Waals surface area contributed by atoms with E-state index in [2.05, 4.69) is 10.2 Å². The Kier molecular flexibility index (Phi) is 6.78. The molecule has 1 aliphatic rings. The highest BCUT2D eigenvalue weighted by Gasteiger charge is 2.28. The van der Waals surface area contributed by atoms with Crippen LogP contribution in [-0.2, 0) is 0 Å². The van der Waals surface area contributed by atoms with E-state index >= 15 is 0 Å². The van der Waals surface area contributed by atoms with Crippen LogP contribution in [0.3, 0.4) is 0 Å².